The Balaban J connectivity index is 0. The predicted molar refractivity (Wildman–Crippen MR) is 159 cm³/mol. The summed E-state index contributed by atoms with van der Waals surface area (Å²) >= 11 is 0. The van der Waals surface area contributed by atoms with E-state index in [9.17, 15) is 9.59 Å². The summed E-state index contributed by atoms with van der Waals surface area (Å²) in [7, 11) is 0. The maximum absolute atomic E-state index is 11.1. The second-order valence-corrected chi connectivity index (χ2v) is 9.89. The number of hydrogen-bond acceptors (Lipinski definition) is 5. The zero-order chi connectivity index (χ0) is 28.2. The van der Waals surface area contributed by atoms with Gasteiger partial charge in [0.15, 0.2) is 0 Å². The van der Waals surface area contributed by atoms with Crippen molar-refractivity contribution in [1.82, 2.24) is 4.90 Å². The van der Waals surface area contributed by atoms with Crippen LogP contribution >= 0.6 is 0 Å². The van der Waals surface area contributed by atoms with Crippen LogP contribution < -0.4 is 0 Å². The number of rotatable bonds is 23. The van der Waals surface area contributed by atoms with Gasteiger partial charge in [-0.25, -0.2) is 9.59 Å². The van der Waals surface area contributed by atoms with Gasteiger partial charge in [0.25, 0.3) is 0 Å². The van der Waals surface area contributed by atoms with Crippen LogP contribution in [0, 0.1) is 0 Å². The minimum atomic E-state index is -0.341. The molecule has 0 radical (unpaired) electrons. The number of ether oxygens (including phenoxy) is 2. The summed E-state index contributed by atoms with van der Waals surface area (Å²) < 4.78 is 9.86. The van der Waals surface area contributed by atoms with E-state index in [1.54, 1.807) is 13.8 Å². The van der Waals surface area contributed by atoms with Crippen molar-refractivity contribution in [1.29, 1.82) is 0 Å². The van der Waals surface area contributed by atoms with Crippen molar-refractivity contribution in [2.75, 3.05) is 26.2 Å². The van der Waals surface area contributed by atoms with Crippen LogP contribution in [0.3, 0.4) is 0 Å². The lowest BCUT2D eigenvalue weighted by Crippen LogP contribution is -2.27. The normalized spacial score (nSPS) is 10.8. The van der Waals surface area contributed by atoms with Gasteiger partial charge in [0.1, 0.15) is 6.61 Å². The number of allylic oxidation sites excluding steroid dienone is 1. The second kappa shape index (κ2) is 28.7. The van der Waals surface area contributed by atoms with E-state index in [-0.39, 0.29) is 11.9 Å². The van der Waals surface area contributed by atoms with E-state index >= 15 is 0 Å². The summed E-state index contributed by atoms with van der Waals surface area (Å²) in [6, 6.07) is 0. The van der Waals surface area contributed by atoms with Crippen LogP contribution in [-0.4, -0.2) is 43.1 Å². The lowest BCUT2D eigenvalue weighted by atomic mass is 10.0. The van der Waals surface area contributed by atoms with Crippen molar-refractivity contribution in [2.45, 2.75) is 131 Å². The molecule has 0 aromatic carbocycles. The Bertz CT molecular complexity index is 608. The fourth-order valence-electron chi connectivity index (χ4n) is 3.67. The van der Waals surface area contributed by atoms with E-state index in [1.165, 1.54) is 96.2 Å². The van der Waals surface area contributed by atoms with Crippen molar-refractivity contribution in [3.63, 3.8) is 0 Å². The Morgan fingerprint density at radius 1 is 0.676 bits per heavy atom. The fraction of sp³-hybridized carbons (Fsp3) is 0.750. The molecule has 0 unspecified atom stereocenters. The first-order valence-corrected chi connectivity index (χ1v) is 14.9. The zero-order valence-corrected chi connectivity index (χ0v) is 25.1. The lowest BCUT2D eigenvalue weighted by Gasteiger charge is -2.17. The molecule has 0 atom stereocenters. The summed E-state index contributed by atoms with van der Waals surface area (Å²) in [6.45, 7) is 20.0. The molecule has 0 N–H and O–H groups in total. The quantitative estimate of drug-likeness (QED) is 0.0581. The number of nitrogens with zero attached hydrogens (tertiary/aromatic N) is 1. The molecule has 0 saturated carbocycles. The molecule has 5 nitrogen and oxygen atoms in total. The highest BCUT2D eigenvalue weighted by Crippen LogP contribution is 2.13. The molecule has 0 aliphatic heterocycles. The smallest absolute Gasteiger partial charge is 0.337 e. The molecule has 37 heavy (non-hydrogen) atoms. The highest BCUT2D eigenvalue weighted by Gasteiger charge is 2.04. The number of carbonyl (C=O) groups is 2. The summed E-state index contributed by atoms with van der Waals surface area (Å²) in [6.07, 6.45) is 23.7. The largest absolute Gasteiger partial charge is 0.461 e. The fourth-order valence-corrected chi connectivity index (χ4v) is 3.67. The van der Waals surface area contributed by atoms with Crippen molar-refractivity contribution in [2.24, 2.45) is 0 Å². The SMILES string of the molecule is C=C(C)C(=O)OC=CCCCCCCCCCCCCCCCC.C=C(C)C(=O)OCCN(CC)CC. The van der Waals surface area contributed by atoms with Crippen molar-refractivity contribution >= 4 is 11.9 Å². The first kappa shape index (κ1) is 37.3. The number of hydrogen-bond donors (Lipinski definition) is 0. The minimum absolute atomic E-state index is 0.299. The standard InChI is InChI=1S/C22H40O2.C10H19NO2/c1-4-5-6-7-8-9-10-11-12-13-14-15-16-17-18-19-20-24-22(23)21(2)3;1-5-11(6-2)7-8-13-10(12)9(3)4/h19-20H,2,4-18H2,1,3H3;3,5-8H2,1-2,4H3. The molecular formula is C32H59NO4. The van der Waals surface area contributed by atoms with E-state index in [0.717, 1.165) is 26.1 Å². The minimum Gasteiger partial charge on any atom is -0.461 e. The molecule has 0 heterocycles. The summed E-state index contributed by atoms with van der Waals surface area (Å²) in [5.41, 5.74) is 0.899. The van der Waals surface area contributed by atoms with E-state index in [0.29, 0.717) is 17.8 Å². The van der Waals surface area contributed by atoms with Crippen molar-refractivity contribution in [3.8, 4) is 0 Å². The van der Waals surface area contributed by atoms with Gasteiger partial charge in [-0.2, -0.15) is 0 Å². The molecule has 0 aliphatic rings. The van der Waals surface area contributed by atoms with Gasteiger partial charge < -0.3 is 14.4 Å². The molecule has 0 aliphatic carbocycles. The molecule has 0 rings (SSSR count). The van der Waals surface area contributed by atoms with Gasteiger partial charge in [-0.05, 0) is 45.9 Å². The average molecular weight is 522 g/mol. The maximum atomic E-state index is 11.1. The predicted octanol–water partition coefficient (Wildman–Crippen LogP) is 8.94. The summed E-state index contributed by atoms with van der Waals surface area (Å²) in [5, 5.41) is 0. The van der Waals surface area contributed by atoms with Gasteiger partial charge in [-0.15, -0.1) is 0 Å². The Morgan fingerprint density at radius 3 is 1.51 bits per heavy atom. The van der Waals surface area contributed by atoms with Crippen LogP contribution in [0.15, 0.2) is 36.6 Å². The highest BCUT2D eigenvalue weighted by molar-refractivity contribution is 5.87. The number of likely N-dealkylation sites (N-methyl/N-ethyl adjacent to an activating group) is 1. The maximum Gasteiger partial charge on any atom is 0.337 e. The summed E-state index contributed by atoms with van der Waals surface area (Å²) in [5.74, 6) is -0.639. The van der Waals surface area contributed by atoms with E-state index in [1.807, 2.05) is 6.08 Å². The van der Waals surface area contributed by atoms with Crippen molar-refractivity contribution in [3.05, 3.63) is 36.6 Å². The molecule has 0 spiro atoms. The lowest BCUT2D eigenvalue weighted by molar-refractivity contribution is -0.139. The number of esters is 2. The topological polar surface area (TPSA) is 55.8 Å². The van der Waals surface area contributed by atoms with Gasteiger partial charge in [-0.3, -0.25) is 0 Å². The number of carbonyl (C=O) groups excluding carboxylic acids is 2. The molecule has 0 aromatic rings. The number of unbranched alkanes of at least 4 members (excludes halogenated alkanes) is 14. The Morgan fingerprint density at radius 2 is 1.11 bits per heavy atom. The first-order valence-electron chi connectivity index (χ1n) is 14.9. The van der Waals surface area contributed by atoms with Gasteiger partial charge in [0, 0.05) is 17.7 Å². The Labute approximate surface area is 229 Å². The van der Waals surface area contributed by atoms with Crippen LogP contribution in [0.5, 0.6) is 0 Å². The van der Waals surface area contributed by atoms with Crippen LogP contribution in [0.2, 0.25) is 0 Å². The molecule has 5 heteroatoms. The Kier molecular flexibility index (Phi) is 28.9. The zero-order valence-electron chi connectivity index (χ0n) is 25.1. The molecular weight excluding hydrogens is 462 g/mol. The van der Waals surface area contributed by atoms with Gasteiger partial charge >= 0.3 is 11.9 Å². The third-order valence-corrected chi connectivity index (χ3v) is 6.23. The molecule has 0 fully saturated rings. The van der Waals surface area contributed by atoms with E-state index in [2.05, 4.69) is 38.8 Å². The van der Waals surface area contributed by atoms with Gasteiger partial charge in [0.2, 0.25) is 0 Å². The van der Waals surface area contributed by atoms with E-state index < -0.39 is 0 Å². The third kappa shape index (κ3) is 28.5. The van der Waals surface area contributed by atoms with E-state index in [4.69, 9.17) is 9.47 Å². The van der Waals surface area contributed by atoms with Crippen LogP contribution in [0.25, 0.3) is 0 Å². The first-order chi connectivity index (χ1) is 17.8. The molecule has 0 aromatic heterocycles. The molecule has 0 bridgehead atoms. The molecule has 216 valence electrons. The van der Waals surface area contributed by atoms with Crippen LogP contribution in [-0.2, 0) is 19.1 Å². The Hall–Kier alpha value is -1.88. The molecule has 0 amide bonds. The summed E-state index contributed by atoms with van der Waals surface area (Å²) in [4.78, 5) is 24.3. The van der Waals surface area contributed by atoms with Crippen LogP contribution in [0.1, 0.15) is 131 Å². The van der Waals surface area contributed by atoms with Crippen LogP contribution in [0.4, 0.5) is 0 Å². The molecule has 0 saturated heterocycles. The van der Waals surface area contributed by atoms with Gasteiger partial charge in [0.05, 0.1) is 6.26 Å². The average Bonchev–Trinajstić information content (AvgIpc) is 2.88. The second-order valence-electron chi connectivity index (χ2n) is 9.89. The highest BCUT2D eigenvalue weighted by atomic mass is 16.5. The monoisotopic (exact) mass is 521 g/mol. The van der Waals surface area contributed by atoms with Crippen molar-refractivity contribution < 1.29 is 19.1 Å². The van der Waals surface area contributed by atoms with Gasteiger partial charge in [-0.1, -0.05) is 117 Å². The third-order valence-electron chi connectivity index (χ3n) is 6.23.